The molecule has 2 atom stereocenters. The Morgan fingerprint density at radius 1 is 0.960 bits per heavy atom. The van der Waals surface area contributed by atoms with Crippen LogP contribution in [0.5, 0.6) is 0 Å². The number of terminal acetylenes is 1. The van der Waals surface area contributed by atoms with Gasteiger partial charge in [-0.15, -0.1) is 12.3 Å². The van der Waals surface area contributed by atoms with Crippen LogP contribution in [0.25, 0.3) is 0 Å². The molecule has 146 valence electrons. The number of amides is 1. The number of alkyl halides is 1. The molecule has 0 aliphatic carbocycles. The molecule has 3 N–H and O–H groups in total. The zero-order valence-electron chi connectivity index (χ0n) is 15.5. The SMILES string of the molecule is C#CCCCCCCCCCCCCC[C@@H](O)[C@H](CO)NC(=O)CBr. The zero-order valence-corrected chi connectivity index (χ0v) is 17.1. The molecule has 0 spiro atoms. The summed E-state index contributed by atoms with van der Waals surface area (Å²) in [6, 6.07) is -0.564. The van der Waals surface area contributed by atoms with Crippen LogP contribution in [0.15, 0.2) is 0 Å². The van der Waals surface area contributed by atoms with Crippen LogP contribution in [0, 0.1) is 12.3 Å². The number of unbranched alkanes of at least 4 members (excludes halogenated alkanes) is 11. The fourth-order valence-corrected chi connectivity index (χ4v) is 3.04. The van der Waals surface area contributed by atoms with Gasteiger partial charge in [0.25, 0.3) is 0 Å². The van der Waals surface area contributed by atoms with Crippen LogP contribution in [0.2, 0.25) is 0 Å². The van der Waals surface area contributed by atoms with Gasteiger partial charge < -0.3 is 15.5 Å². The topological polar surface area (TPSA) is 69.6 Å². The first kappa shape index (κ1) is 24.4. The Hall–Kier alpha value is -0.570. The molecule has 0 fully saturated rings. The highest BCUT2D eigenvalue weighted by Crippen LogP contribution is 2.13. The maximum Gasteiger partial charge on any atom is 0.231 e. The first-order valence-corrected chi connectivity index (χ1v) is 10.9. The Balaban J connectivity index is 3.42. The smallest absolute Gasteiger partial charge is 0.231 e. The lowest BCUT2D eigenvalue weighted by Gasteiger charge is -2.21. The van der Waals surface area contributed by atoms with Crippen LogP contribution in [-0.4, -0.2) is 40.2 Å². The minimum absolute atomic E-state index is 0.182. The van der Waals surface area contributed by atoms with Crippen molar-refractivity contribution in [2.45, 2.75) is 95.6 Å². The van der Waals surface area contributed by atoms with Crippen molar-refractivity contribution in [2.24, 2.45) is 0 Å². The minimum atomic E-state index is -0.678. The molecule has 0 heterocycles. The van der Waals surface area contributed by atoms with E-state index in [9.17, 15) is 15.0 Å². The minimum Gasteiger partial charge on any atom is -0.394 e. The second-order valence-electron chi connectivity index (χ2n) is 6.69. The maximum atomic E-state index is 11.3. The lowest BCUT2D eigenvalue weighted by atomic mass is 10.0. The summed E-state index contributed by atoms with van der Waals surface area (Å²) in [5.74, 6) is 2.47. The standard InChI is InChI=1S/C20H36BrNO3/c1-2-3-4-5-6-7-8-9-10-11-12-13-14-15-19(24)18(17-23)22-20(25)16-21/h1,18-19,23-24H,3-17H2,(H,22,25)/t18-,19+/m0/s1. The van der Waals surface area contributed by atoms with Crippen molar-refractivity contribution < 1.29 is 15.0 Å². The fraction of sp³-hybridized carbons (Fsp3) is 0.850. The summed E-state index contributed by atoms with van der Waals surface area (Å²) in [4.78, 5) is 11.3. The van der Waals surface area contributed by atoms with Gasteiger partial charge in [-0.3, -0.25) is 4.79 Å². The zero-order chi connectivity index (χ0) is 18.8. The molecule has 0 saturated carbocycles. The van der Waals surface area contributed by atoms with Gasteiger partial charge in [0.05, 0.1) is 24.1 Å². The molecule has 0 aromatic rings. The van der Waals surface area contributed by atoms with Gasteiger partial charge in [0, 0.05) is 6.42 Å². The summed E-state index contributed by atoms with van der Waals surface area (Å²) in [7, 11) is 0. The molecule has 0 saturated heterocycles. The molecule has 0 aromatic heterocycles. The van der Waals surface area contributed by atoms with Crippen molar-refractivity contribution in [1.82, 2.24) is 5.32 Å². The van der Waals surface area contributed by atoms with E-state index < -0.39 is 12.1 Å². The van der Waals surface area contributed by atoms with Crippen molar-refractivity contribution in [3.63, 3.8) is 0 Å². The summed E-state index contributed by atoms with van der Waals surface area (Å²) in [6.07, 6.45) is 19.5. The number of nitrogens with one attached hydrogen (secondary N) is 1. The highest BCUT2D eigenvalue weighted by Gasteiger charge is 2.19. The highest BCUT2D eigenvalue weighted by atomic mass is 79.9. The molecule has 0 aromatic carbocycles. The van der Waals surface area contributed by atoms with E-state index in [2.05, 4.69) is 27.2 Å². The molecule has 4 nitrogen and oxygen atoms in total. The number of carbonyl (C=O) groups is 1. The van der Waals surface area contributed by atoms with Crippen molar-refractivity contribution in [2.75, 3.05) is 11.9 Å². The van der Waals surface area contributed by atoms with E-state index in [1.165, 1.54) is 57.8 Å². The van der Waals surface area contributed by atoms with Crippen LogP contribution in [0.4, 0.5) is 0 Å². The number of carbonyl (C=O) groups excluding carboxylic acids is 1. The van der Waals surface area contributed by atoms with E-state index in [4.69, 9.17) is 6.42 Å². The summed E-state index contributed by atoms with van der Waals surface area (Å²) in [5.41, 5.74) is 0. The third-order valence-electron chi connectivity index (χ3n) is 4.45. The van der Waals surface area contributed by atoms with Gasteiger partial charge in [-0.25, -0.2) is 0 Å². The van der Waals surface area contributed by atoms with E-state index >= 15 is 0 Å². The number of hydrogen-bond acceptors (Lipinski definition) is 3. The number of halogens is 1. The lowest BCUT2D eigenvalue weighted by Crippen LogP contribution is -2.46. The molecule has 1 amide bonds. The van der Waals surface area contributed by atoms with Gasteiger partial charge >= 0.3 is 0 Å². The van der Waals surface area contributed by atoms with Gasteiger partial charge in [-0.2, -0.15) is 0 Å². The molecule has 0 aliphatic heterocycles. The third kappa shape index (κ3) is 15.4. The average Bonchev–Trinajstić information content (AvgIpc) is 2.63. The Kier molecular flexibility index (Phi) is 17.8. The molecule has 0 unspecified atom stereocenters. The summed E-state index contributed by atoms with van der Waals surface area (Å²) >= 11 is 3.06. The Bertz CT molecular complexity index is 357. The van der Waals surface area contributed by atoms with E-state index in [-0.39, 0.29) is 17.8 Å². The van der Waals surface area contributed by atoms with E-state index in [1.807, 2.05) is 0 Å². The van der Waals surface area contributed by atoms with Gasteiger partial charge in [-0.1, -0.05) is 80.1 Å². The average molecular weight is 418 g/mol. The summed E-state index contributed by atoms with van der Waals surface area (Å²) in [5, 5.41) is 22.1. The highest BCUT2D eigenvalue weighted by molar-refractivity contribution is 9.09. The monoisotopic (exact) mass is 417 g/mol. The molecule has 0 rings (SSSR count). The molecular formula is C20H36BrNO3. The Labute approximate surface area is 162 Å². The van der Waals surface area contributed by atoms with E-state index in [1.54, 1.807) is 0 Å². The van der Waals surface area contributed by atoms with Gasteiger partial charge in [-0.05, 0) is 12.8 Å². The number of aliphatic hydroxyl groups excluding tert-OH is 2. The van der Waals surface area contributed by atoms with Gasteiger partial charge in [0.15, 0.2) is 0 Å². The quantitative estimate of drug-likeness (QED) is 0.191. The summed E-state index contributed by atoms with van der Waals surface area (Å²) in [6.45, 7) is -0.233. The van der Waals surface area contributed by atoms with Crippen LogP contribution >= 0.6 is 15.9 Å². The normalized spacial score (nSPS) is 13.2. The maximum absolute atomic E-state index is 11.3. The lowest BCUT2D eigenvalue weighted by molar-refractivity contribution is -0.120. The molecule has 0 aliphatic rings. The first-order chi connectivity index (χ1) is 12.2. The van der Waals surface area contributed by atoms with Crippen LogP contribution in [0.1, 0.15) is 83.5 Å². The van der Waals surface area contributed by atoms with Crippen LogP contribution in [-0.2, 0) is 4.79 Å². The predicted octanol–water partition coefficient (Wildman–Crippen LogP) is 3.92. The first-order valence-electron chi connectivity index (χ1n) is 9.73. The number of rotatable bonds is 17. The Morgan fingerprint density at radius 2 is 1.44 bits per heavy atom. The van der Waals surface area contributed by atoms with Crippen LogP contribution < -0.4 is 5.32 Å². The largest absolute Gasteiger partial charge is 0.394 e. The van der Waals surface area contributed by atoms with Gasteiger partial charge in [0.1, 0.15) is 0 Å². The van der Waals surface area contributed by atoms with Crippen molar-refractivity contribution in [1.29, 1.82) is 0 Å². The number of hydrogen-bond donors (Lipinski definition) is 3. The Morgan fingerprint density at radius 3 is 1.88 bits per heavy atom. The molecule has 25 heavy (non-hydrogen) atoms. The van der Waals surface area contributed by atoms with Crippen molar-refractivity contribution in [3.8, 4) is 12.3 Å². The molecule has 0 radical (unpaired) electrons. The molecular weight excluding hydrogens is 382 g/mol. The molecule has 5 heteroatoms. The molecule has 0 bridgehead atoms. The number of aliphatic hydroxyl groups is 2. The predicted molar refractivity (Wildman–Crippen MR) is 108 cm³/mol. The van der Waals surface area contributed by atoms with Gasteiger partial charge in [0.2, 0.25) is 5.91 Å². The second kappa shape index (κ2) is 18.2. The van der Waals surface area contributed by atoms with Crippen molar-refractivity contribution in [3.05, 3.63) is 0 Å². The fourth-order valence-electron chi connectivity index (χ4n) is 2.88. The summed E-state index contributed by atoms with van der Waals surface area (Å²) < 4.78 is 0. The van der Waals surface area contributed by atoms with Crippen LogP contribution in [0.3, 0.4) is 0 Å². The second-order valence-corrected chi connectivity index (χ2v) is 7.25. The van der Waals surface area contributed by atoms with E-state index in [0.29, 0.717) is 6.42 Å². The van der Waals surface area contributed by atoms with E-state index in [0.717, 1.165) is 19.3 Å². The van der Waals surface area contributed by atoms with Crippen molar-refractivity contribution >= 4 is 21.8 Å². The third-order valence-corrected chi connectivity index (χ3v) is 4.96.